The number of aryl methyl sites for hydroxylation is 4. The van der Waals surface area contributed by atoms with Crippen LogP contribution in [0, 0.1) is 27.7 Å². The Morgan fingerprint density at radius 1 is 1.17 bits per heavy atom. The highest BCUT2D eigenvalue weighted by Crippen LogP contribution is 2.16. The van der Waals surface area contributed by atoms with Crippen LogP contribution in [-0.2, 0) is 0 Å². The summed E-state index contributed by atoms with van der Waals surface area (Å²) in [7, 11) is 0. The lowest BCUT2D eigenvalue weighted by Crippen LogP contribution is -2.12. The van der Waals surface area contributed by atoms with Crippen LogP contribution in [0.2, 0.25) is 0 Å². The standard InChI is InChI=1S/C14H16N2O2/c1-8-5-6-12(7-9(8)2)16-14(17)13-10(3)15-11(4)18-13/h5-7H,1-4H3,(H,16,17). The summed E-state index contributed by atoms with van der Waals surface area (Å²) in [6.45, 7) is 7.52. The van der Waals surface area contributed by atoms with Gasteiger partial charge in [0.2, 0.25) is 5.76 Å². The fourth-order valence-electron chi connectivity index (χ4n) is 1.75. The van der Waals surface area contributed by atoms with Crippen LogP contribution in [0.1, 0.15) is 33.3 Å². The van der Waals surface area contributed by atoms with Crippen molar-refractivity contribution in [2.75, 3.05) is 5.32 Å². The summed E-state index contributed by atoms with van der Waals surface area (Å²) >= 11 is 0. The molecule has 0 spiro atoms. The van der Waals surface area contributed by atoms with Gasteiger partial charge in [-0.05, 0) is 44.0 Å². The minimum Gasteiger partial charge on any atom is -0.436 e. The van der Waals surface area contributed by atoms with Gasteiger partial charge in [-0.15, -0.1) is 0 Å². The molecule has 1 amide bonds. The van der Waals surface area contributed by atoms with E-state index in [4.69, 9.17) is 4.42 Å². The second-order valence-corrected chi connectivity index (χ2v) is 4.40. The Labute approximate surface area is 106 Å². The summed E-state index contributed by atoms with van der Waals surface area (Å²) in [5.74, 6) is 0.500. The van der Waals surface area contributed by atoms with E-state index in [1.165, 1.54) is 5.56 Å². The molecule has 0 radical (unpaired) electrons. The van der Waals surface area contributed by atoms with Gasteiger partial charge in [0, 0.05) is 12.6 Å². The van der Waals surface area contributed by atoms with Crippen molar-refractivity contribution < 1.29 is 9.21 Å². The van der Waals surface area contributed by atoms with E-state index in [2.05, 4.69) is 10.3 Å². The highest BCUT2D eigenvalue weighted by Gasteiger charge is 2.15. The topological polar surface area (TPSA) is 55.1 Å². The third-order valence-corrected chi connectivity index (χ3v) is 2.87. The summed E-state index contributed by atoms with van der Waals surface area (Å²) in [6, 6.07) is 5.79. The van der Waals surface area contributed by atoms with E-state index in [9.17, 15) is 4.79 Å². The lowest BCUT2D eigenvalue weighted by Gasteiger charge is -2.06. The predicted octanol–water partition coefficient (Wildman–Crippen LogP) is 3.16. The molecule has 0 unspecified atom stereocenters. The molecule has 0 aliphatic rings. The molecular weight excluding hydrogens is 228 g/mol. The Morgan fingerprint density at radius 3 is 2.44 bits per heavy atom. The molecule has 1 aromatic heterocycles. The monoisotopic (exact) mass is 244 g/mol. The molecule has 0 fully saturated rings. The molecule has 4 heteroatoms. The molecule has 0 saturated carbocycles. The quantitative estimate of drug-likeness (QED) is 0.882. The van der Waals surface area contributed by atoms with Crippen LogP contribution in [-0.4, -0.2) is 10.9 Å². The first-order valence-electron chi connectivity index (χ1n) is 5.80. The van der Waals surface area contributed by atoms with Crippen LogP contribution in [0.3, 0.4) is 0 Å². The lowest BCUT2D eigenvalue weighted by molar-refractivity contribution is 0.0994. The van der Waals surface area contributed by atoms with Crippen molar-refractivity contribution in [3.05, 3.63) is 46.7 Å². The molecular formula is C14H16N2O2. The number of hydrogen-bond acceptors (Lipinski definition) is 3. The Balaban J connectivity index is 2.21. The van der Waals surface area contributed by atoms with Gasteiger partial charge in [-0.1, -0.05) is 6.07 Å². The number of rotatable bonds is 2. The molecule has 0 atom stereocenters. The molecule has 0 bridgehead atoms. The molecule has 2 aromatic rings. The minimum absolute atomic E-state index is 0.267. The third kappa shape index (κ3) is 2.42. The van der Waals surface area contributed by atoms with Gasteiger partial charge in [-0.3, -0.25) is 4.79 Å². The van der Waals surface area contributed by atoms with E-state index < -0.39 is 0 Å². The van der Waals surface area contributed by atoms with E-state index in [1.54, 1.807) is 13.8 Å². The van der Waals surface area contributed by atoms with Crippen molar-refractivity contribution in [3.8, 4) is 0 Å². The second-order valence-electron chi connectivity index (χ2n) is 4.40. The van der Waals surface area contributed by atoms with Gasteiger partial charge in [0.1, 0.15) is 0 Å². The molecule has 94 valence electrons. The lowest BCUT2D eigenvalue weighted by atomic mass is 10.1. The highest BCUT2D eigenvalue weighted by atomic mass is 16.4. The predicted molar refractivity (Wildman–Crippen MR) is 69.8 cm³/mol. The number of benzene rings is 1. The number of nitrogens with zero attached hydrogens (tertiary/aromatic N) is 1. The number of carbonyl (C=O) groups excluding carboxylic acids is 1. The molecule has 0 aliphatic heterocycles. The maximum Gasteiger partial charge on any atom is 0.293 e. The number of oxazole rings is 1. The first-order chi connectivity index (χ1) is 8.47. The van der Waals surface area contributed by atoms with Crippen molar-refractivity contribution in [2.24, 2.45) is 0 Å². The number of hydrogen-bond donors (Lipinski definition) is 1. The van der Waals surface area contributed by atoms with Gasteiger partial charge in [-0.25, -0.2) is 4.98 Å². The van der Waals surface area contributed by atoms with Gasteiger partial charge in [0.15, 0.2) is 5.89 Å². The average molecular weight is 244 g/mol. The van der Waals surface area contributed by atoms with E-state index in [0.29, 0.717) is 11.6 Å². The molecule has 1 heterocycles. The van der Waals surface area contributed by atoms with Crippen LogP contribution in [0.25, 0.3) is 0 Å². The zero-order valence-electron chi connectivity index (χ0n) is 11.0. The van der Waals surface area contributed by atoms with E-state index >= 15 is 0 Å². The first-order valence-corrected chi connectivity index (χ1v) is 5.80. The Morgan fingerprint density at radius 2 is 1.89 bits per heavy atom. The zero-order valence-corrected chi connectivity index (χ0v) is 11.0. The number of nitrogens with one attached hydrogen (secondary N) is 1. The highest BCUT2D eigenvalue weighted by molar-refractivity contribution is 6.02. The van der Waals surface area contributed by atoms with Gasteiger partial charge in [-0.2, -0.15) is 0 Å². The summed E-state index contributed by atoms with van der Waals surface area (Å²) in [4.78, 5) is 16.1. The molecule has 4 nitrogen and oxygen atoms in total. The second kappa shape index (κ2) is 4.64. The minimum atomic E-state index is -0.267. The van der Waals surface area contributed by atoms with Crippen molar-refractivity contribution in [2.45, 2.75) is 27.7 Å². The normalized spacial score (nSPS) is 10.4. The number of carbonyl (C=O) groups is 1. The van der Waals surface area contributed by atoms with Crippen LogP contribution in [0.5, 0.6) is 0 Å². The number of amides is 1. The van der Waals surface area contributed by atoms with E-state index in [1.807, 2.05) is 32.0 Å². The fraction of sp³-hybridized carbons (Fsp3) is 0.286. The maximum absolute atomic E-state index is 12.0. The third-order valence-electron chi connectivity index (χ3n) is 2.87. The molecule has 0 saturated heterocycles. The first kappa shape index (κ1) is 12.4. The van der Waals surface area contributed by atoms with E-state index in [-0.39, 0.29) is 11.7 Å². The maximum atomic E-state index is 12.0. The van der Waals surface area contributed by atoms with Crippen LogP contribution >= 0.6 is 0 Å². The van der Waals surface area contributed by atoms with Crippen LogP contribution in [0.4, 0.5) is 5.69 Å². The van der Waals surface area contributed by atoms with Crippen molar-refractivity contribution in [3.63, 3.8) is 0 Å². The van der Waals surface area contributed by atoms with E-state index in [0.717, 1.165) is 11.3 Å². The average Bonchev–Trinajstić information content (AvgIpc) is 2.63. The van der Waals surface area contributed by atoms with Crippen molar-refractivity contribution in [1.29, 1.82) is 0 Å². The van der Waals surface area contributed by atoms with Gasteiger partial charge in [0.25, 0.3) is 5.91 Å². The van der Waals surface area contributed by atoms with Crippen LogP contribution < -0.4 is 5.32 Å². The van der Waals surface area contributed by atoms with Crippen LogP contribution in [0.15, 0.2) is 22.6 Å². The molecule has 18 heavy (non-hydrogen) atoms. The van der Waals surface area contributed by atoms with Crippen molar-refractivity contribution >= 4 is 11.6 Å². The number of anilines is 1. The zero-order chi connectivity index (χ0) is 13.3. The molecule has 1 N–H and O–H groups in total. The fourth-order valence-corrected chi connectivity index (χ4v) is 1.75. The summed E-state index contributed by atoms with van der Waals surface area (Å²) in [6.07, 6.45) is 0. The largest absolute Gasteiger partial charge is 0.436 e. The van der Waals surface area contributed by atoms with Gasteiger partial charge >= 0.3 is 0 Å². The van der Waals surface area contributed by atoms with Crippen molar-refractivity contribution in [1.82, 2.24) is 4.98 Å². The smallest absolute Gasteiger partial charge is 0.293 e. The summed E-state index contributed by atoms with van der Waals surface area (Å²) in [5, 5.41) is 2.81. The molecule has 0 aliphatic carbocycles. The summed E-state index contributed by atoms with van der Waals surface area (Å²) < 4.78 is 5.28. The Hall–Kier alpha value is -2.10. The Bertz CT molecular complexity index is 600. The number of aromatic nitrogens is 1. The van der Waals surface area contributed by atoms with Gasteiger partial charge < -0.3 is 9.73 Å². The molecule has 1 aromatic carbocycles. The SMILES string of the molecule is Cc1nc(C)c(C(=O)Nc2ccc(C)c(C)c2)o1. The van der Waals surface area contributed by atoms with Gasteiger partial charge in [0.05, 0.1) is 5.69 Å². The summed E-state index contributed by atoms with van der Waals surface area (Å²) in [5.41, 5.74) is 3.70. The Kier molecular flexibility index (Phi) is 3.19. The molecule has 2 rings (SSSR count).